The van der Waals surface area contributed by atoms with Gasteiger partial charge in [-0.3, -0.25) is 0 Å². The van der Waals surface area contributed by atoms with Gasteiger partial charge in [-0.2, -0.15) is 0 Å². The predicted molar refractivity (Wildman–Crippen MR) is 230 cm³/mol. The van der Waals surface area contributed by atoms with E-state index in [0.29, 0.717) is 0 Å². The number of benzene rings is 7. The molecule has 5 heteroatoms. The zero-order valence-corrected chi connectivity index (χ0v) is 33.4. The Hall–Kier alpha value is -4.26. The molecule has 0 saturated carbocycles. The van der Waals surface area contributed by atoms with Crippen LogP contribution in [-0.2, 0) is 0 Å². The van der Waals surface area contributed by atoms with Crippen LogP contribution in [0.1, 0.15) is 33.4 Å². The van der Waals surface area contributed by atoms with Crippen LogP contribution in [0.3, 0.4) is 0 Å². The molecular formula is C46H27Br4N. The Bertz CT molecular complexity index is 2280. The summed E-state index contributed by atoms with van der Waals surface area (Å²) in [5.74, 6) is 0. The van der Waals surface area contributed by atoms with Gasteiger partial charge in [0.05, 0.1) is 0 Å². The third-order valence-electron chi connectivity index (χ3n) is 9.61. The van der Waals surface area contributed by atoms with E-state index in [-0.39, 0.29) is 0 Å². The molecule has 0 bridgehead atoms. The first kappa shape index (κ1) is 32.6. The zero-order chi connectivity index (χ0) is 34.6. The normalized spacial score (nSPS) is 12.2. The molecule has 0 amide bonds. The fourth-order valence-electron chi connectivity index (χ4n) is 7.29. The molecule has 7 aromatic carbocycles. The second kappa shape index (κ2) is 13.4. The van der Waals surface area contributed by atoms with Gasteiger partial charge in [-0.15, -0.1) is 0 Å². The van der Waals surface area contributed by atoms with Crippen molar-refractivity contribution in [3.8, 4) is 22.3 Å². The molecule has 9 rings (SSSR count). The number of anilines is 3. The van der Waals surface area contributed by atoms with Gasteiger partial charge in [0.25, 0.3) is 0 Å². The van der Waals surface area contributed by atoms with Crippen molar-refractivity contribution in [2.75, 3.05) is 4.90 Å². The lowest BCUT2D eigenvalue weighted by Crippen LogP contribution is -2.09. The summed E-state index contributed by atoms with van der Waals surface area (Å²) in [6.45, 7) is 0. The number of para-hydroxylation sites is 1. The van der Waals surface area contributed by atoms with Crippen LogP contribution in [0, 0.1) is 0 Å². The predicted octanol–water partition coefficient (Wildman–Crippen LogP) is 15.3. The summed E-state index contributed by atoms with van der Waals surface area (Å²) < 4.78 is 4.31. The monoisotopic (exact) mass is 909 g/mol. The summed E-state index contributed by atoms with van der Waals surface area (Å²) in [6, 6.07) is 54.5. The van der Waals surface area contributed by atoms with Crippen molar-refractivity contribution < 1.29 is 0 Å². The summed E-state index contributed by atoms with van der Waals surface area (Å²) in [6.07, 6.45) is 4.61. The van der Waals surface area contributed by atoms with Crippen molar-refractivity contribution in [1.82, 2.24) is 0 Å². The number of fused-ring (bicyclic) bond motifs is 6. The van der Waals surface area contributed by atoms with E-state index in [2.05, 4.69) is 232 Å². The third-order valence-corrected chi connectivity index (χ3v) is 11.6. The maximum Gasteiger partial charge on any atom is 0.0462 e. The maximum atomic E-state index is 3.70. The van der Waals surface area contributed by atoms with Gasteiger partial charge < -0.3 is 4.90 Å². The lowest BCUT2D eigenvalue weighted by molar-refractivity contribution is 1.28. The van der Waals surface area contributed by atoms with Crippen LogP contribution in [-0.4, -0.2) is 0 Å². The van der Waals surface area contributed by atoms with Crippen LogP contribution in [0.25, 0.3) is 45.6 Å². The van der Waals surface area contributed by atoms with E-state index >= 15 is 0 Å². The van der Waals surface area contributed by atoms with E-state index in [4.69, 9.17) is 0 Å². The lowest BCUT2D eigenvalue weighted by Gasteiger charge is -2.25. The van der Waals surface area contributed by atoms with E-state index in [0.717, 1.165) is 46.1 Å². The minimum Gasteiger partial charge on any atom is -0.311 e. The Morgan fingerprint density at radius 1 is 0.314 bits per heavy atom. The van der Waals surface area contributed by atoms with Gasteiger partial charge in [0.2, 0.25) is 0 Å². The summed E-state index contributed by atoms with van der Waals surface area (Å²) in [5.41, 5.74) is 18.1. The van der Waals surface area contributed by atoms with Crippen LogP contribution < -0.4 is 4.90 Å². The Labute approximate surface area is 331 Å². The number of hydrogen-bond acceptors (Lipinski definition) is 1. The molecule has 51 heavy (non-hydrogen) atoms. The highest BCUT2D eigenvalue weighted by molar-refractivity contribution is 9.11. The molecule has 0 heterocycles. The number of rotatable bonds is 5. The molecule has 0 atom stereocenters. The quantitative estimate of drug-likeness (QED) is 0.166. The van der Waals surface area contributed by atoms with Crippen molar-refractivity contribution >= 4 is 104 Å². The summed E-state index contributed by atoms with van der Waals surface area (Å²) in [5, 5.41) is 0. The second-order valence-electron chi connectivity index (χ2n) is 12.7. The zero-order valence-electron chi connectivity index (χ0n) is 27.0. The van der Waals surface area contributed by atoms with E-state index in [1.165, 1.54) is 55.7 Å². The van der Waals surface area contributed by atoms with Crippen molar-refractivity contribution in [2.24, 2.45) is 0 Å². The van der Waals surface area contributed by atoms with Gasteiger partial charge in [-0.05, 0) is 164 Å². The van der Waals surface area contributed by atoms with Crippen LogP contribution in [0.4, 0.5) is 17.1 Å². The average Bonchev–Trinajstić information content (AvgIpc) is 3.60. The first-order valence-electron chi connectivity index (χ1n) is 16.6. The molecule has 0 aromatic heterocycles. The molecule has 2 aliphatic rings. The highest BCUT2D eigenvalue weighted by Crippen LogP contribution is 2.48. The summed E-state index contributed by atoms with van der Waals surface area (Å²) in [7, 11) is 0. The van der Waals surface area contributed by atoms with E-state index in [1.54, 1.807) is 0 Å². The fourth-order valence-corrected chi connectivity index (χ4v) is 8.74. The van der Waals surface area contributed by atoms with E-state index in [1.807, 2.05) is 0 Å². The van der Waals surface area contributed by atoms with Crippen molar-refractivity contribution in [2.45, 2.75) is 0 Å². The van der Waals surface area contributed by atoms with Gasteiger partial charge in [-0.1, -0.05) is 130 Å². The first-order valence-corrected chi connectivity index (χ1v) is 19.8. The lowest BCUT2D eigenvalue weighted by atomic mass is 10.0. The Morgan fingerprint density at radius 2 is 0.627 bits per heavy atom. The number of halogens is 4. The largest absolute Gasteiger partial charge is 0.311 e. The van der Waals surface area contributed by atoms with Gasteiger partial charge in [-0.25, -0.2) is 0 Å². The standard InChI is InChI=1S/C46H27Br4N/c47-30-10-18-37-38-19-11-31(48)25-44(38)41(43(37)24-30)22-28-6-14-35(15-7-28)51(34-4-2-1-3-5-34)36-16-8-29(9-17-36)23-42-45-26-32(49)12-20-39(45)40-21-13-33(50)27-46(40)42/h1-27H. The Morgan fingerprint density at radius 3 is 0.961 bits per heavy atom. The molecule has 0 saturated heterocycles. The minimum atomic E-state index is 1.08. The molecule has 0 fully saturated rings. The Balaban J connectivity index is 1.08. The van der Waals surface area contributed by atoms with Crippen LogP contribution >= 0.6 is 63.7 Å². The summed E-state index contributed by atoms with van der Waals surface area (Å²) >= 11 is 14.8. The molecule has 1 nitrogen and oxygen atoms in total. The molecular weight excluding hydrogens is 886 g/mol. The topological polar surface area (TPSA) is 3.24 Å². The maximum absolute atomic E-state index is 3.70. The molecule has 0 radical (unpaired) electrons. The Kier molecular flexibility index (Phi) is 8.56. The van der Waals surface area contributed by atoms with E-state index < -0.39 is 0 Å². The highest BCUT2D eigenvalue weighted by atomic mass is 79.9. The van der Waals surface area contributed by atoms with Gasteiger partial charge in [0.15, 0.2) is 0 Å². The SMILES string of the molecule is Brc1ccc2c(c1)C(=Cc1ccc(N(c3ccccc3)c3ccc(C=C4c5cc(Br)ccc5-c5ccc(Br)cc54)cc3)cc1)c1cc(Br)ccc1-2. The van der Waals surface area contributed by atoms with Gasteiger partial charge in [0.1, 0.15) is 0 Å². The van der Waals surface area contributed by atoms with Crippen molar-refractivity contribution in [1.29, 1.82) is 0 Å². The van der Waals surface area contributed by atoms with Gasteiger partial charge >= 0.3 is 0 Å². The summed E-state index contributed by atoms with van der Waals surface area (Å²) in [4.78, 5) is 2.32. The molecule has 0 spiro atoms. The third kappa shape index (κ3) is 6.10. The molecule has 7 aromatic rings. The molecule has 244 valence electrons. The average molecular weight is 913 g/mol. The molecule has 0 unspecified atom stereocenters. The first-order chi connectivity index (χ1) is 24.9. The van der Waals surface area contributed by atoms with Crippen molar-refractivity contribution in [3.63, 3.8) is 0 Å². The van der Waals surface area contributed by atoms with Gasteiger partial charge in [0, 0.05) is 35.0 Å². The van der Waals surface area contributed by atoms with Crippen LogP contribution in [0.5, 0.6) is 0 Å². The molecule has 0 N–H and O–H groups in total. The smallest absolute Gasteiger partial charge is 0.0462 e. The van der Waals surface area contributed by atoms with E-state index in [9.17, 15) is 0 Å². The second-order valence-corrected chi connectivity index (χ2v) is 16.4. The minimum absolute atomic E-state index is 1.08. The molecule has 0 aliphatic heterocycles. The molecule has 2 aliphatic carbocycles. The number of nitrogens with zero attached hydrogens (tertiary/aromatic N) is 1. The van der Waals surface area contributed by atoms with Crippen LogP contribution in [0.2, 0.25) is 0 Å². The number of hydrogen-bond donors (Lipinski definition) is 0. The highest BCUT2D eigenvalue weighted by Gasteiger charge is 2.25. The van der Waals surface area contributed by atoms with Crippen molar-refractivity contribution in [3.05, 3.63) is 203 Å². The van der Waals surface area contributed by atoms with Crippen LogP contribution in [0.15, 0.2) is 170 Å². The fraction of sp³-hybridized carbons (Fsp3) is 0.